The molecule has 236 valence electrons. The summed E-state index contributed by atoms with van der Waals surface area (Å²) in [5.41, 5.74) is 3.92. The molecule has 11 nitrogen and oxygen atoms in total. The average molecular weight is 639 g/mol. The SMILES string of the molecule is COc1cc(N2CCN(C)CC2)ccc1Nc1ncc(Cl)c(Oc2cccc(NC(=O)/C(C#N)=C/c3ccc(N(C)C)cc3)c2)n1. The molecule has 0 bridgehead atoms. The first-order chi connectivity index (χ1) is 22.2. The van der Waals surface area contributed by atoms with E-state index in [0.29, 0.717) is 22.9 Å². The van der Waals surface area contributed by atoms with Gasteiger partial charge in [0.15, 0.2) is 0 Å². The lowest BCUT2D eigenvalue weighted by molar-refractivity contribution is -0.112. The molecule has 5 rings (SSSR count). The van der Waals surface area contributed by atoms with Gasteiger partial charge in [-0.15, -0.1) is 0 Å². The van der Waals surface area contributed by atoms with Gasteiger partial charge < -0.3 is 34.8 Å². The van der Waals surface area contributed by atoms with Crippen LogP contribution >= 0.6 is 11.6 Å². The number of rotatable bonds is 10. The van der Waals surface area contributed by atoms with Crippen LogP contribution in [0.3, 0.4) is 0 Å². The number of hydrogen-bond acceptors (Lipinski definition) is 10. The number of piperazine rings is 1. The fraction of sp³-hybridized carbons (Fsp3) is 0.235. The Bertz CT molecular complexity index is 1760. The predicted octanol–water partition coefficient (Wildman–Crippen LogP) is 6.04. The summed E-state index contributed by atoms with van der Waals surface area (Å²) >= 11 is 6.39. The molecule has 1 saturated heterocycles. The molecule has 0 radical (unpaired) electrons. The molecule has 1 amide bonds. The summed E-state index contributed by atoms with van der Waals surface area (Å²) in [6.45, 7) is 3.90. The van der Waals surface area contributed by atoms with Crippen LogP contribution in [-0.2, 0) is 4.79 Å². The van der Waals surface area contributed by atoms with Crippen molar-refractivity contribution in [2.24, 2.45) is 0 Å². The van der Waals surface area contributed by atoms with Gasteiger partial charge in [-0.3, -0.25) is 4.79 Å². The van der Waals surface area contributed by atoms with Crippen molar-refractivity contribution in [2.45, 2.75) is 0 Å². The van der Waals surface area contributed by atoms with Crippen LogP contribution in [0.4, 0.5) is 28.7 Å². The lowest BCUT2D eigenvalue weighted by Crippen LogP contribution is -2.44. The number of ether oxygens (including phenoxy) is 2. The second kappa shape index (κ2) is 14.6. The molecule has 1 aliphatic heterocycles. The van der Waals surface area contributed by atoms with Gasteiger partial charge in [0.1, 0.15) is 28.2 Å². The highest BCUT2D eigenvalue weighted by Gasteiger charge is 2.17. The van der Waals surface area contributed by atoms with Crippen LogP contribution < -0.4 is 29.9 Å². The number of amides is 1. The summed E-state index contributed by atoms with van der Waals surface area (Å²) in [4.78, 5) is 28.3. The fourth-order valence-electron chi connectivity index (χ4n) is 4.78. The van der Waals surface area contributed by atoms with Gasteiger partial charge in [-0.25, -0.2) is 4.98 Å². The summed E-state index contributed by atoms with van der Waals surface area (Å²) in [7, 11) is 7.63. The van der Waals surface area contributed by atoms with E-state index in [2.05, 4.69) is 37.4 Å². The lowest BCUT2D eigenvalue weighted by atomic mass is 10.1. The smallest absolute Gasteiger partial charge is 0.266 e. The number of halogens is 1. The Kier molecular flexibility index (Phi) is 10.2. The van der Waals surface area contributed by atoms with Gasteiger partial charge in [0.05, 0.1) is 19.0 Å². The van der Waals surface area contributed by atoms with E-state index in [0.717, 1.165) is 43.1 Å². The molecule has 4 aromatic rings. The van der Waals surface area contributed by atoms with E-state index in [1.54, 1.807) is 37.5 Å². The molecular formula is C34H35ClN8O3. The Morgan fingerprint density at radius 2 is 1.83 bits per heavy atom. The molecule has 3 aromatic carbocycles. The number of carbonyl (C=O) groups is 1. The second-order valence-corrected chi connectivity index (χ2v) is 11.3. The summed E-state index contributed by atoms with van der Waals surface area (Å²) < 4.78 is 11.6. The number of anilines is 5. The van der Waals surface area contributed by atoms with Gasteiger partial charge in [-0.05, 0) is 55.1 Å². The van der Waals surface area contributed by atoms with E-state index in [1.165, 1.54) is 6.20 Å². The first kappa shape index (κ1) is 32.1. The summed E-state index contributed by atoms with van der Waals surface area (Å²) in [6, 6.07) is 22.2. The highest BCUT2D eigenvalue weighted by molar-refractivity contribution is 6.31. The molecule has 0 saturated carbocycles. The number of carbonyl (C=O) groups excluding carboxylic acids is 1. The van der Waals surface area contributed by atoms with Crippen molar-refractivity contribution in [1.82, 2.24) is 14.9 Å². The molecule has 1 aromatic heterocycles. The number of nitrogens with one attached hydrogen (secondary N) is 2. The van der Waals surface area contributed by atoms with Crippen molar-refractivity contribution in [1.29, 1.82) is 5.26 Å². The number of aromatic nitrogens is 2. The highest BCUT2D eigenvalue weighted by atomic mass is 35.5. The number of likely N-dealkylation sites (N-methyl/N-ethyl adjacent to an activating group) is 1. The maximum atomic E-state index is 12.9. The maximum absolute atomic E-state index is 12.9. The van der Waals surface area contributed by atoms with Gasteiger partial charge in [-0.1, -0.05) is 29.8 Å². The molecule has 2 heterocycles. The first-order valence-corrected chi connectivity index (χ1v) is 15.0. The van der Waals surface area contributed by atoms with Crippen molar-refractivity contribution in [3.63, 3.8) is 0 Å². The Balaban J connectivity index is 1.27. The largest absolute Gasteiger partial charge is 0.494 e. The highest BCUT2D eigenvalue weighted by Crippen LogP contribution is 2.34. The van der Waals surface area contributed by atoms with E-state index in [1.807, 2.05) is 67.5 Å². The van der Waals surface area contributed by atoms with Crippen LogP contribution in [0.2, 0.25) is 5.02 Å². The molecule has 2 N–H and O–H groups in total. The zero-order valence-corrected chi connectivity index (χ0v) is 26.9. The molecule has 0 spiro atoms. The summed E-state index contributed by atoms with van der Waals surface area (Å²) in [6.07, 6.45) is 2.98. The second-order valence-electron chi connectivity index (χ2n) is 10.9. The van der Waals surface area contributed by atoms with Crippen LogP contribution in [0, 0.1) is 11.3 Å². The summed E-state index contributed by atoms with van der Waals surface area (Å²) in [5, 5.41) is 15.8. The quantitative estimate of drug-likeness (QED) is 0.157. The van der Waals surface area contributed by atoms with Crippen LogP contribution in [0.1, 0.15) is 5.56 Å². The molecule has 1 fully saturated rings. The maximum Gasteiger partial charge on any atom is 0.266 e. The minimum atomic E-state index is -0.546. The van der Waals surface area contributed by atoms with E-state index in [-0.39, 0.29) is 22.4 Å². The first-order valence-electron chi connectivity index (χ1n) is 14.6. The Hall–Kier alpha value is -5.31. The van der Waals surface area contributed by atoms with Crippen molar-refractivity contribution in [3.05, 3.63) is 89.1 Å². The van der Waals surface area contributed by atoms with Crippen LogP contribution in [0.25, 0.3) is 6.08 Å². The minimum Gasteiger partial charge on any atom is -0.494 e. The van der Waals surface area contributed by atoms with Crippen LogP contribution in [-0.4, -0.2) is 75.2 Å². The molecule has 0 aliphatic carbocycles. The standard InChI is InChI=1S/C34H35ClN8O3/c1-41(2)26-10-8-23(9-11-26)18-24(21-36)32(44)38-25-6-5-7-28(19-25)46-33-29(35)22-37-34(40-33)39-30-13-12-27(20-31(30)45-4)43-16-14-42(3)15-17-43/h5-13,18-20,22H,14-17H2,1-4H3,(H,38,44)(H,37,39,40)/b24-18+. The third kappa shape index (κ3) is 8.04. The van der Waals surface area contributed by atoms with E-state index in [4.69, 9.17) is 21.1 Å². The van der Waals surface area contributed by atoms with Gasteiger partial charge in [0.25, 0.3) is 5.91 Å². The number of hydrogen-bond donors (Lipinski definition) is 2. The average Bonchev–Trinajstić information content (AvgIpc) is 3.06. The lowest BCUT2D eigenvalue weighted by Gasteiger charge is -2.34. The third-order valence-corrected chi connectivity index (χ3v) is 7.66. The summed E-state index contributed by atoms with van der Waals surface area (Å²) in [5.74, 6) is 0.860. The zero-order chi connectivity index (χ0) is 32.6. The molecule has 0 atom stereocenters. The van der Waals surface area contributed by atoms with Crippen molar-refractivity contribution < 1.29 is 14.3 Å². The Morgan fingerprint density at radius 3 is 2.52 bits per heavy atom. The minimum absolute atomic E-state index is 0.0366. The molecule has 0 unspecified atom stereocenters. The van der Waals surface area contributed by atoms with Gasteiger partial charge in [0.2, 0.25) is 11.8 Å². The molecule has 1 aliphatic rings. The number of nitrogens with zero attached hydrogens (tertiary/aromatic N) is 6. The van der Waals surface area contributed by atoms with Crippen molar-refractivity contribution in [2.75, 3.05) is 74.9 Å². The fourth-order valence-corrected chi connectivity index (χ4v) is 4.91. The Morgan fingerprint density at radius 1 is 1.07 bits per heavy atom. The third-order valence-electron chi connectivity index (χ3n) is 7.40. The molecular weight excluding hydrogens is 604 g/mol. The van der Waals surface area contributed by atoms with Crippen LogP contribution in [0.15, 0.2) is 78.5 Å². The normalized spacial score (nSPS) is 13.5. The van der Waals surface area contributed by atoms with E-state index < -0.39 is 5.91 Å². The van der Waals surface area contributed by atoms with Gasteiger partial charge in [-0.2, -0.15) is 10.2 Å². The number of benzene rings is 3. The number of nitriles is 1. The van der Waals surface area contributed by atoms with Crippen molar-refractivity contribution >= 4 is 52.3 Å². The predicted molar refractivity (Wildman–Crippen MR) is 183 cm³/mol. The van der Waals surface area contributed by atoms with E-state index >= 15 is 0 Å². The van der Waals surface area contributed by atoms with Crippen LogP contribution in [0.5, 0.6) is 17.4 Å². The van der Waals surface area contributed by atoms with Crippen molar-refractivity contribution in [3.8, 4) is 23.4 Å². The topological polar surface area (TPSA) is 119 Å². The number of methoxy groups -OCH3 is 1. The van der Waals surface area contributed by atoms with Gasteiger partial charge >= 0.3 is 0 Å². The van der Waals surface area contributed by atoms with Gasteiger partial charge in [0, 0.05) is 69.5 Å². The zero-order valence-electron chi connectivity index (χ0n) is 26.1. The molecule has 12 heteroatoms. The monoisotopic (exact) mass is 638 g/mol. The Labute approximate surface area is 273 Å². The molecule has 46 heavy (non-hydrogen) atoms. The van der Waals surface area contributed by atoms with E-state index in [9.17, 15) is 10.1 Å².